The van der Waals surface area contributed by atoms with Crippen molar-refractivity contribution in [1.29, 1.82) is 0 Å². The molecule has 1 rings (SSSR count). The molecule has 2 N–H and O–H groups in total. The molecular formula is C13H17BrFNO. The summed E-state index contributed by atoms with van der Waals surface area (Å²) in [6, 6.07) is 4.87. The van der Waals surface area contributed by atoms with Crippen LogP contribution in [0.4, 0.5) is 4.39 Å². The number of Topliss-reactive ketones (excluding diaryl/α,β-unsaturated/α-hetero) is 1. The van der Waals surface area contributed by atoms with Crippen LogP contribution in [0, 0.1) is 5.82 Å². The van der Waals surface area contributed by atoms with E-state index in [2.05, 4.69) is 15.9 Å². The van der Waals surface area contributed by atoms with Crippen LogP contribution in [0.1, 0.15) is 31.7 Å². The maximum Gasteiger partial charge on any atom is 0.137 e. The lowest BCUT2D eigenvalue weighted by Crippen LogP contribution is -2.15. The minimum absolute atomic E-state index is 0.122. The number of benzene rings is 1. The Kier molecular flexibility index (Phi) is 5.78. The summed E-state index contributed by atoms with van der Waals surface area (Å²) < 4.78 is 13.6. The molecule has 0 saturated heterocycles. The van der Waals surface area contributed by atoms with Crippen LogP contribution in [0.3, 0.4) is 0 Å². The van der Waals surface area contributed by atoms with Gasteiger partial charge < -0.3 is 5.73 Å². The molecule has 4 heteroatoms. The van der Waals surface area contributed by atoms with Crippen molar-refractivity contribution in [2.75, 3.05) is 0 Å². The van der Waals surface area contributed by atoms with Crippen LogP contribution >= 0.6 is 15.9 Å². The van der Waals surface area contributed by atoms with Gasteiger partial charge in [0.25, 0.3) is 0 Å². The van der Waals surface area contributed by atoms with Crippen LogP contribution in [0.15, 0.2) is 22.7 Å². The normalized spacial score (nSPS) is 12.5. The maximum atomic E-state index is 13.2. The number of halogens is 2. The van der Waals surface area contributed by atoms with Gasteiger partial charge in [0.15, 0.2) is 0 Å². The first-order chi connectivity index (χ1) is 8.00. The number of hydrogen-bond acceptors (Lipinski definition) is 2. The molecule has 0 heterocycles. The SMILES string of the molecule is CC(N)CCCC(=O)Cc1cccc(F)c1Br. The molecule has 94 valence electrons. The second kappa shape index (κ2) is 6.87. The van der Waals surface area contributed by atoms with Crippen molar-refractivity contribution in [3.63, 3.8) is 0 Å². The van der Waals surface area contributed by atoms with Crippen molar-refractivity contribution in [2.24, 2.45) is 5.73 Å². The Morgan fingerprint density at radius 1 is 1.53 bits per heavy atom. The summed E-state index contributed by atoms with van der Waals surface area (Å²) in [5, 5.41) is 0. The van der Waals surface area contributed by atoms with Gasteiger partial charge in [-0.25, -0.2) is 4.39 Å². The van der Waals surface area contributed by atoms with E-state index < -0.39 is 0 Å². The monoisotopic (exact) mass is 301 g/mol. The Bertz CT molecular complexity index is 393. The van der Waals surface area contributed by atoms with Gasteiger partial charge in [-0.3, -0.25) is 4.79 Å². The third kappa shape index (κ3) is 4.96. The number of carbonyl (C=O) groups is 1. The van der Waals surface area contributed by atoms with E-state index in [1.54, 1.807) is 12.1 Å². The number of nitrogens with two attached hydrogens (primary N) is 1. The van der Waals surface area contributed by atoms with E-state index in [4.69, 9.17) is 5.73 Å². The van der Waals surface area contributed by atoms with Gasteiger partial charge in [0, 0.05) is 18.9 Å². The molecule has 0 aliphatic carbocycles. The molecule has 0 fully saturated rings. The molecule has 0 spiro atoms. The first-order valence-corrected chi connectivity index (χ1v) is 6.50. The molecule has 0 saturated carbocycles. The molecule has 0 aliphatic heterocycles. The number of hydrogen-bond donors (Lipinski definition) is 1. The van der Waals surface area contributed by atoms with E-state index in [1.165, 1.54) is 6.07 Å². The van der Waals surface area contributed by atoms with Crippen molar-refractivity contribution >= 4 is 21.7 Å². The van der Waals surface area contributed by atoms with Crippen molar-refractivity contribution in [3.8, 4) is 0 Å². The third-order valence-electron chi connectivity index (χ3n) is 2.53. The highest BCUT2D eigenvalue weighted by molar-refractivity contribution is 9.10. The molecule has 0 bridgehead atoms. The zero-order valence-corrected chi connectivity index (χ0v) is 11.5. The van der Waals surface area contributed by atoms with Crippen LogP contribution in [0.5, 0.6) is 0 Å². The van der Waals surface area contributed by atoms with Crippen molar-refractivity contribution in [1.82, 2.24) is 0 Å². The Labute approximate surface area is 110 Å². The predicted molar refractivity (Wildman–Crippen MR) is 70.3 cm³/mol. The highest BCUT2D eigenvalue weighted by atomic mass is 79.9. The van der Waals surface area contributed by atoms with Gasteiger partial charge in [-0.15, -0.1) is 0 Å². The molecule has 0 aliphatic rings. The Morgan fingerprint density at radius 2 is 2.24 bits per heavy atom. The fraction of sp³-hybridized carbons (Fsp3) is 0.462. The Morgan fingerprint density at radius 3 is 2.88 bits per heavy atom. The molecule has 0 aromatic heterocycles. The summed E-state index contributed by atoms with van der Waals surface area (Å²) >= 11 is 3.15. The maximum absolute atomic E-state index is 13.2. The standard InChI is InChI=1S/C13H17BrFNO/c1-9(16)4-2-6-11(17)8-10-5-3-7-12(15)13(10)14/h3,5,7,9H,2,4,6,8,16H2,1H3. The summed E-state index contributed by atoms with van der Waals surface area (Å²) in [7, 11) is 0. The first kappa shape index (κ1) is 14.3. The summed E-state index contributed by atoms with van der Waals surface area (Å²) in [5.74, 6) is -0.206. The average Bonchev–Trinajstić information content (AvgIpc) is 2.24. The molecule has 1 aromatic rings. The van der Waals surface area contributed by atoms with Crippen LogP contribution in [0.25, 0.3) is 0 Å². The molecular weight excluding hydrogens is 285 g/mol. The lowest BCUT2D eigenvalue weighted by Gasteiger charge is -2.06. The van der Waals surface area contributed by atoms with Crippen molar-refractivity contribution < 1.29 is 9.18 Å². The largest absolute Gasteiger partial charge is 0.328 e. The van der Waals surface area contributed by atoms with Crippen LogP contribution < -0.4 is 5.73 Å². The lowest BCUT2D eigenvalue weighted by atomic mass is 10.0. The summed E-state index contributed by atoms with van der Waals surface area (Å²) in [6.45, 7) is 1.92. The third-order valence-corrected chi connectivity index (χ3v) is 3.42. The van der Waals surface area contributed by atoms with Crippen LogP contribution in [0.2, 0.25) is 0 Å². The molecule has 2 nitrogen and oxygen atoms in total. The van der Waals surface area contributed by atoms with Gasteiger partial charge in [0.05, 0.1) is 4.47 Å². The van der Waals surface area contributed by atoms with Gasteiger partial charge in [0.2, 0.25) is 0 Å². The second-order valence-electron chi connectivity index (χ2n) is 4.30. The lowest BCUT2D eigenvalue weighted by molar-refractivity contribution is -0.118. The average molecular weight is 302 g/mol. The summed E-state index contributed by atoms with van der Waals surface area (Å²) in [4.78, 5) is 11.7. The van der Waals surface area contributed by atoms with E-state index in [-0.39, 0.29) is 24.1 Å². The van der Waals surface area contributed by atoms with E-state index in [1.807, 2.05) is 6.92 Å². The fourth-order valence-electron chi connectivity index (χ4n) is 1.61. The fourth-order valence-corrected chi connectivity index (χ4v) is 2.01. The van der Waals surface area contributed by atoms with Crippen molar-refractivity contribution in [2.45, 2.75) is 38.6 Å². The quantitative estimate of drug-likeness (QED) is 0.877. The van der Waals surface area contributed by atoms with E-state index in [9.17, 15) is 9.18 Å². The molecule has 1 atom stereocenters. The summed E-state index contributed by atoms with van der Waals surface area (Å²) in [5.41, 5.74) is 6.31. The predicted octanol–water partition coefficient (Wildman–Crippen LogP) is 3.22. The zero-order chi connectivity index (χ0) is 12.8. The van der Waals surface area contributed by atoms with E-state index in [0.717, 1.165) is 12.8 Å². The van der Waals surface area contributed by atoms with E-state index >= 15 is 0 Å². The molecule has 0 amide bonds. The highest BCUT2D eigenvalue weighted by Gasteiger charge is 2.09. The smallest absolute Gasteiger partial charge is 0.137 e. The first-order valence-electron chi connectivity index (χ1n) is 5.71. The molecule has 1 unspecified atom stereocenters. The summed E-state index contributed by atoms with van der Waals surface area (Å²) in [6.07, 6.45) is 2.42. The van der Waals surface area contributed by atoms with Gasteiger partial charge >= 0.3 is 0 Å². The number of carbonyl (C=O) groups excluding carboxylic acids is 1. The molecule has 17 heavy (non-hydrogen) atoms. The van der Waals surface area contributed by atoms with Crippen molar-refractivity contribution in [3.05, 3.63) is 34.1 Å². The van der Waals surface area contributed by atoms with E-state index in [0.29, 0.717) is 16.5 Å². The topological polar surface area (TPSA) is 43.1 Å². The number of ketones is 1. The van der Waals surface area contributed by atoms with Gasteiger partial charge in [0.1, 0.15) is 11.6 Å². The Balaban J connectivity index is 2.48. The molecule has 0 radical (unpaired) electrons. The zero-order valence-electron chi connectivity index (χ0n) is 9.88. The Hall–Kier alpha value is -0.740. The molecule has 1 aromatic carbocycles. The highest BCUT2D eigenvalue weighted by Crippen LogP contribution is 2.21. The minimum atomic E-state index is -0.328. The second-order valence-corrected chi connectivity index (χ2v) is 5.09. The van der Waals surface area contributed by atoms with Gasteiger partial charge in [-0.2, -0.15) is 0 Å². The van der Waals surface area contributed by atoms with Gasteiger partial charge in [-0.1, -0.05) is 12.1 Å². The number of rotatable bonds is 6. The van der Waals surface area contributed by atoms with Gasteiger partial charge in [-0.05, 0) is 47.3 Å². The van der Waals surface area contributed by atoms with Crippen LogP contribution in [-0.2, 0) is 11.2 Å². The minimum Gasteiger partial charge on any atom is -0.328 e. The van der Waals surface area contributed by atoms with Crippen LogP contribution in [-0.4, -0.2) is 11.8 Å².